The average molecular weight is 329 g/mol. The van der Waals surface area contributed by atoms with Crippen LogP contribution >= 0.6 is 11.3 Å². The molecule has 1 aromatic heterocycles. The topological polar surface area (TPSA) is 68.0 Å². The highest BCUT2D eigenvalue weighted by molar-refractivity contribution is 7.14. The molecule has 1 aliphatic carbocycles. The predicted octanol–water partition coefficient (Wildman–Crippen LogP) is 4.14. The lowest BCUT2D eigenvalue weighted by Crippen LogP contribution is -2.32. The summed E-state index contributed by atoms with van der Waals surface area (Å²) in [7, 11) is 0. The maximum Gasteiger partial charge on any atom is 0.242 e. The summed E-state index contributed by atoms with van der Waals surface area (Å²) in [5.41, 5.74) is 8.97. The lowest BCUT2D eigenvalue weighted by Gasteiger charge is -2.22. The molecule has 0 spiro atoms. The molecule has 0 bridgehead atoms. The van der Waals surface area contributed by atoms with Gasteiger partial charge in [0.2, 0.25) is 5.91 Å². The molecule has 1 unspecified atom stereocenters. The Balaban J connectivity index is 1.69. The molecule has 5 heteroatoms. The Morgan fingerprint density at radius 1 is 1.26 bits per heavy atom. The summed E-state index contributed by atoms with van der Waals surface area (Å²) >= 11 is 1.42. The third-order valence-electron chi connectivity index (χ3n) is 4.43. The molecule has 3 N–H and O–H groups in total. The van der Waals surface area contributed by atoms with Crippen molar-refractivity contribution in [2.75, 3.05) is 5.32 Å². The molecule has 0 saturated heterocycles. The number of carbonyl (C=O) groups excluding carboxylic acids is 1. The minimum absolute atomic E-state index is 0.210. The first-order valence-corrected chi connectivity index (χ1v) is 9.14. The molecular weight excluding hydrogens is 306 g/mol. The van der Waals surface area contributed by atoms with E-state index in [9.17, 15) is 4.79 Å². The van der Waals surface area contributed by atoms with E-state index in [1.807, 2.05) is 5.38 Å². The van der Waals surface area contributed by atoms with E-state index in [1.54, 1.807) is 6.92 Å². The van der Waals surface area contributed by atoms with E-state index in [0.29, 0.717) is 11.0 Å². The minimum Gasteiger partial charge on any atom is -0.320 e. The zero-order valence-electron chi connectivity index (χ0n) is 13.4. The van der Waals surface area contributed by atoms with E-state index in [0.717, 1.165) is 11.3 Å². The van der Waals surface area contributed by atoms with E-state index in [1.165, 1.54) is 49.0 Å². The van der Waals surface area contributed by atoms with Crippen LogP contribution in [-0.4, -0.2) is 16.9 Å². The number of nitrogens with two attached hydrogens (primary N) is 1. The van der Waals surface area contributed by atoms with Crippen LogP contribution < -0.4 is 11.1 Å². The van der Waals surface area contributed by atoms with Crippen LogP contribution in [0.4, 0.5) is 5.13 Å². The number of amides is 1. The lowest BCUT2D eigenvalue weighted by atomic mass is 9.84. The largest absolute Gasteiger partial charge is 0.320 e. The summed E-state index contributed by atoms with van der Waals surface area (Å²) in [6.45, 7) is 1.66. The van der Waals surface area contributed by atoms with Crippen molar-refractivity contribution in [3.05, 3.63) is 35.2 Å². The Morgan fingerprint density at radius 2 is 1.96 bits per heavy atom. The Kier molecular flexibility index (Phi) is 5.08. The van der Waals surface area contributed by atoms with Crippen molar-refractivity contribution in [1.82, 2.24) is 4.98 Å². The summed E-state index contributed by atoms with van der Waals surface area (Å²) in [6.07, 6.45) is 6.69. The van der Waals surface area contributed by atoms with Crippen molar-refractivity contribution in [2.45, 2.75) is 51.0 Å². The second-order valence-corrected chi connectivity index (χ2v) is 7.13. The molecule has 1 saturated carbocycles. The lowest BCUT2D eigenvalue weighted by molar-refractivity contribution is -0.117. The molecule has 1 amide bonds. The van der Waals surface area contributed by atoms with E-state index in [2.05, 4.69) is 34.6 Å². The van der Waals surface area contributed by atoms with Gasteiger partial charge >= 0.3 is 0 Å². The maximum atomic E-state index is 11.6. The van der Waals surface area contributed by atoms with Gasteiger partial charge in [0, 0.05) is 10.9 Å². The van der Waals surface area contributed by atoms with Crippen LogP contribution in [0.3, 0.4) is 0 Å². The van der Waals surface area contributed by atoms with Gasteiger partial charge in [-0.05, 0) is 31.2 Å². The standard InChI is InChI=1S/C18H23N3OS/c1-12(19)17(22)21-18-20-16(11-23-18)15-9-7-14(8-10-15)13-5-3-2-4-6-13/h7-13H,2-6,19H2,1H3,(H,20,21,22). The number of rotatable bonds is 4. The molecule has 23 heavy (non-hydrogen) atoms. The first-order chi connectivity index (χ1) is 11.1. The molecule has 1 aliphatic rings. The zero-order valence-corrected chi connectivity index (χ0v) is 14.2. The highest BCUT2D eigenvalue weighted by Gasteiger charge is 2.16. The van der Waals surface area contributed by atoms with Gasteiger partial charge in [-0.1, -0.05) is 43.5 Å². The highest BCUT2D eigenvalue weighted by atomic mass is 32.1. The smallest absolute Gasteiger partial charge is 0.242 e. The number of hydrogen-bond donors (Lipinski definition) is 2. The van der Waals surface area contributed by atoms with Crippen LogP contribution in [0.25, 0.3) is 11.3 Å². The van der Waals surface area contributed by atoms with Crippen LogP contribution in [0.5, 0.6) is 0 Å². The van der Waals surface area contributed by atoms with Gasteiger partial charge in [-0.3, -0.25) is 4.79 Å². The third-order valence-corrected chi connectivity index (χ3v) is 5.19. The molecule has 1 aromatic carbocycles. The van der Waals surface area contributed by atoms with E-state index >= 15 is 0 Å². The Bertz CT molecular complexity index is 657. The van der Waals surface area contributed by atoms with Crippen LogP contribution in [0.2, 0.25) is 0 Å². The van der Waals surface area contributed by atoms with Gasteiger partial charge in [-0.25, -0.2) is 4.98 Å². The zero-order chi connectivity index (χ0) is 16.2. The van der Waals surface area contributed by atoms with Crippen LogP contribution in [-0.2, 0) is 4.79 Å². The number of anilines is 1. The molecular formula is C18H23N3OS. The number of aromatic nitrogens is 1. The Hall–Kier alpha value is -1.72. The minimum atomic E-state index is -0.530. The predicted molar refractivity (Wildman–Crippen MR) is 95.7 cm³/mol. The molecule has 1 heterocycles. The molecule has 4 nitrogen and oxygen atoms in total. The summed E-state index contributed by atoms with van der Waals surface area (Å²) in [6, 6.07) is 8.19. The summed E-state index contributed by atoms with van der Waals surface area (Å²) in [4.78, 5) is 16.1. The average Bonchev–Trinajstić information content (AvgIpc) is 3.04. The number of benzene rings is 1. The monoisotopic (exact) mass is 329 g/mol. The van der Waals surface area contributed by atoms with Crippen molar-refractivity contribution >= 4 is 22.4 Å². The Morgan fingerprint density at radius 3 is 2.61 bits per heavy atom. The van der Waals surface area contributed by atoms with Gasteiger partial charge in [0.25, 0.3) is 0 Å². The van der Waals surface area contributed by atoms with E-state index in [4.69, 9.17) is 5.73 Å². The SMILES string of the molecule is CC(N)C(=O)Nc1nc(-c2ccc(C3CCCCC3)cc2)cs1. The molecule has 122 valence electrons. The molecule has 0 aliphatic heterocycles. The van der Waals surface area contributed by atoms with Crippen molar-refractivity contribution < 1.29 is 4.79 Å². The second-order valence-electron chi connectivity index (χ2n) is 6.27. The molecule has 1 atom stereocenters. The van der Waals surface area contributed by atoms with Gasteiger partial charge in [0.1, 0.15) is 0 Å². The van der Waals surface area contributed by atoms with Gasteiger partial charge in [-0.15, -0.1) is 11.3 Å². The second kappa shape index (κ2) is 7.23. The van der Waals surface area contributed by atoms with Crippen LogP contribution in [0, 0.1) is 0 Å². The fraction of sp³-hybridized carbons (Fsp3) is 0.444. The third kappa shape index (κ3) is 3.98. The first-order valence-electron chi connectivity index (χ1n) is 8.26. The molecule has 1 fully saturated rings. The van der Waals surface area contributed by atoms with Gasteiger partial charge < -0.3 is 11.1 Å². The van der Waals surface area contributed by atoms with Crippen LogP contribution in [0.15, 0.2) is 29.6 Å². The van der Waals surface area contributed by atoms with Crippen molar-refractivity contribution in [3.63, 3.8) is 0 Å². The summed E-state index contributed by atoms with van der Waals surface area (Å²) in [5.74, 6) is 0.507. The quantitative estimate of drug-likeness (QED) is 0.885. The van der Waals surface area contributed by atoms with E-state index < -0.39 is 6.04 Å². The van der Waals surface area contributed by atoms with Crippen LogP contribution in [0.1, 0.15) is 50.5 Å². The Labute approximate surface area is 141 Å². The molecule has 3 rings (SSSR count). The number of nitrogens with zero attached hydrogens (tertiary/aromatic N) is 1. The normalized spacial score (nSPS) is 17.0. The van der Waals surface area contributed by atoms with E-state index in [-0.39, 0.29) is 5.91 Å². The first kappa shape index (κ1) is 16.1. The molecule has 0 radical (unpaired) electrons. The van der Waals surface area contributed by atoms with Crippen molar-refractivity contribution in [3.8, 4) is 11.3 Å². The summed E-state index contributed by atoms with van der Waals surface area (Å²) in [5, 5.41) is 5.30. The number of thiazole rings is 1. The highest BCUT2D eigenvalue weighted by Crippen LogP contribution is 2.34. The fourth-order valence-corrected chi connectivity index (χ4v) is 3.77. The van der Waals surface area contributed by atoms with Gasteiger partial charge in [0.05, 0.1) is 11.7 Å². The van der Waals surface area contributed by atoms with Gasteiger partial charge in [-0.2, -0.15) is 0 Å². The van der Waals surface area contributed by atoms with Gasteiger partial charge in [0.15, 0.2) is 5.13 Å². The number of nitrogens with one attached hydrogen (secondary N) is 1. The summed E-state index contributed by atoms with van der Waals surface area (Å²) < 4.78 is 0. The van der Waals surface area contributed by atoms with Crippen molar-refractivity contribution in [2.24, 2.45) is 5.73 Å². The fourth-order valence-electron chi connectivity index (χ4n) is 3.04. The number of hydrogen-bond acceptors (Lipinski definition) is 4. The maximum absolute atomic E-state index is 11.6. The number of carbonyl (C=O) groups is 1. The molecule has 2 aromatic rings. The van der Waals surface area contributed by atoms with Crippen molar-refractivity contribution in [1.29, 1.82) is 0 Å².